The summed E-state index contributed by atoms with van der Waals surface area (Å²) in [5.41, 5.74) is 1.54. The van der Waals surface area contributed by atoms with Gasteiger partial charge in [0, 0.05) is 42.1 Å². The van der Waals surface area contributed by atoms with E-state index in [0.29, 0.717) is 0 Å². The maximum Gasteiger partial charge on any atom is 0.410 e. The van der Waals surface area contributed by atoms with E-state index in [2.05, 4.69) is 81.6 Å². The fraction of sp³-hybridized carbons (Fsp3) is 0.562. The summed E-state index contributed by atoms with van der Waals surface area (Å²) in [4.78, 5) is 32.2. The molecule has 6 nitrogen and oxygen atoms in total. The van der Waals surface area contributed by atoms with E-state index in [9.17, 15) is 9.59 Å². The number of halogens is 2. The van der Waals surface area contributed by atoms with Gasteiger partial charge in [0.25, 0.3) is 0 Å². The summed E-state index contributed by atoms with van der Waals surface area (Å²) in [5, 5.41) is 0. The molecule has 0 aliphatic carbocycles. The number of amides is 2. The minimum atomic E-state index is -0.508. The summed E-state index contributed by atoms with van der Waals surface area (Å²) in [6.07, 6.45) is 5.11. The second-order valence-electron chi connectivity index (χ2n) is 12.9. The first-order chi connectivity index (χ1) is 19.2. The van der Waals surface area contributed by atoms with Gasteiger partial charge < -0.3 is 19.3 Å². The van der Waals surface area contributed by atoms with Gasteiger partial charge in [0.15, 0.2) is 0 Å². The van der Waals surface area contributed by atoms with Crippen LogP contribution in [-0.2, 0) is 22.3 Å². The lowest BCUT2D eigenvalue weighted by Gasteiger charge is -2.29. The molecule has 2 heterocycles. The summed E-state index contributed by atoms with van der Waals surface area (Å²) >= 11 is 6.66. The highest BCUT2D eigenvalue weighted by atomic mass is 127. The zero-order chi connectivity index (χ0) is 29.9. The fourth-order valence-corrected chi connectivity index (χ4v) is 8.44. The standard InChI is InChI=1S/C32H42I2N2O4S/c1-31(2,3)39-29(37)35-17-9-11-21(35)19-23-25(33)13-7-15-27(23)41-28-16-8-14-26(34)24(28)20-22-12-10-18-36(22)30(38)40-32(4,5)6/h7-8,13-16,21-22H,9-12,17-20H2,1-6H3. The molecule has 0 N–H and O–H groups in total. The minimum absolute atomic E-state index is 0.122. The predicted molar refractivity (Wildman–Crippen MR) is 182 cm³/mol. The van der Waals surface area contributed by atoms with Crippen LogP contribution in [0.3, 0.4) is 0 Å². The molecule has 2 aromatic rings. The third-order valence-corrected chi connectivity index (χ3v) is 10.5. The summed E-state index contributed by atoms with van der Waals surface area (Å²) in [6.45, 7) is 13.0. The quantitative estimate of drug-likeness (QED) is 0.273. The van der Waals surface area contributed by atoms with Gasteiger partial charge >= 0.3 is 12.2 Å². The number of hydrogen-bond acceptors (Lipinski definition) is 5. The number of benzene rings is 2. The third-order valence-electron chi connectivity index (χ3n) is 7.26. The molecular weight excluding hydrogens is 762 g/mol. The Hall–Kier alpha value is -1.21. The Balaban J connectivity index is 1.56. The van der Waals surface area contributed by atoms with Crippen molar-refractivity contribution in [3.63, 3.8) is 0 Å². The van der Waals surface area contributed by atoms with Crippen molar-refractivity contribution in [1.82, 2.24) is 9.80 Å². The van der Waals surface area contributed by atoms with Crippen molar-refractivity contribution in [2.75, 3.05) is 13.1 Å². The van der Waals surface area contributed by atoms with Crippen molar-refractivity contribution < 1.29 is 19.1 Å². The zero-order valence-electron chi connectivity index (χ0n) is 25.0. The van der Waals surface area contributed by atoms with Crippen molar-refractivity contribution in [2.24, 2.45) is 0 Å². The van der Waals surface area contributed by atoms with Crippen LogP contribution >= 0.6 is 56.9 Å². The average Bonchev–Trinajstić information content (AvgIpc) is 3.51. The molecule has 2 fully saturated rings. The van der Waals surface area contributed by atoms with Gasteiger partial charge in [-0.05, 0) is 161 Å². The molecule has 0 aromatic heterocycles. The van der Waals surface area contributed by atoms with E-state index in [0.717, 1.165) is 51.6 Å². The smallest absolute Gasteiger partial charge is 0.410 e. The van der Waals surface area contributed by atoms with E-state index in [1.807, 2.05) is 51.3 Å². The number of hydrogen-bond donors (Lipinski definition) is 0. The van der Waals surface area contributed by atoms with Crippen LogP contribution in [0.25, 0.3) is 0 Å². The zero-order valence-corrected chi connectivity index (χ0v) is 30.1. The van der Waals surface area contributed by atoms with Crippen LogP contribution in [0.1, 0.15) is 78.4 Å². The van der Waals surface area contributed by atoms with Crippen LogP contribution < -0.4 is 0 Å². The summed E-state index contributed by atoms with van der Waals surface area (Å²) < 4.78 is 13.9. The van der Waals surface area contributed by atoms with Crippen molar-refractivity contribution >= 4 is 69.1 Å². The monoisotopic (exact) mass is 804 g/mol. The Morgan fingerprint density at radius 3 is 1.51 bits per heavy atom. The number of ether oxygens (including phenoxy) is 2. The normalized spacial score (nSPS) is 19.5. The maximum atomic E-state index is 13.0. The highest BCUT2D eigenvalue weighted by Gasteiger charge is 2.34. The fourth-order valence-electron chi connectivity index (χ4n) is 5.47. The Bertz CT molecular complexity index is 1160. The molecule has 2 saturated heterocycles. The topological polar surface area (TPSA) is 59.1 Å². The van der Waals surface area contributed by atoms with Crippen LogP contribution in [0.4, 0.5) is 9.59 Å². The van der Waals surface area contributed by atoms with Crippen molar-refractivity contribution in [3.8, 4) is 0 Å². The average molecular weight is 805 g/mol. The second-order valence-corrected chi connectivity index (χ2v) is 16.3. The highest BCUT2D eigenvalue weighted by molar-refractivity contribution is 14.1. The van der Waals surface area contributed by atoms with Gasteiger partial charge in [0.2, 0.25) is 0 Å². The SMILES string of the molecule is CC(C)(C)OC(=O)N1CCCC1Cc1c(I)cccc1Sc1cccc(I)c1CC1CCCN1C(=O)OC(C)(C)C. The van der Waals surface area contributed by atoms with Gasteiger partial charge in [-0.3, -0.25) is 0 Å². The van der Waals surface area contributed by atoms with Crippen molar-refractivity contribution in [1.29, 1.82) is 0 Å². The van der Waals surface area contributed by atoms with E-state index in [4.69, 9.17) is 9.47 Å². The number of nitrogens with zero attached hydrogens (tertiary/aromatic N) is 2. The molecular formula is C32H42I2N2O4S. The van der Waals surface area contributed by atoms with Gasteiger partial charge in [-0.1, -0.05) is 23.9 Å². The summed E-state index contributed by atoms with van der Waals surface area (Å²) in [6, 6.07) is 13.2. The summed E-state index contributed by atoms with van der Waals surface area (Å²) in [5.74, 6) is 0. The van der Waals surface area contributed by atoms with Crippen LogP contribution in [0.2, 0.25) is 0 Å². The number of rotatable bonds is 6. The molecule has 2 aromatic carbocycles. The van der Waals surface area contributed by atoms with Crippen LogP contribution in [0.15, 0.2) is 46.2 Å². The Morgan fingerprint density at radius 2 is 1.15 bits per heavy atom. The van der Waals surface area contributed by atoms with Gasteiger partial charge in [0.05, 0.1) is 0 Å². The minimum Gasteiger partial charge on any atom is -0.444 e. The Morgan fingerprint density at radius 1 is 0.756 bits per heavy atom. The predicted octanol–water partition coefficient (Wildman–Crippen LogP) is 8.93. The lowest BCUT2D eigenvalue weighted by molar-refractivity contribution is 0.0215. The van der Waals surface area contributed by atoms with Gasteiger partial charge in [0.1, 0.15) is 11.2 Å². The van der Waals surface area contributed by atoms with Crippen molar-refractivity contribution in [2.45, 2.75) is 113 Å². The second kappa shape index (κ2) is 13.6. The molecule has 4 rings (SSSR count). The first-order valence-electron chi connectivity index (χ1n) is 14.4. The highest BCUT2D eigenvalue weighted by Crippen LogP contribution is 2.39. The molecule has 2 unspecified atom stereocenters. The molecule has 2 atom stereocenters. The van der Waals surface area contributed by atoms with Crippen molar-refractivity contribution in [3.05, 3.63) is 54.7 Å². The van der Waals surface area contributed by atoms with E-state index in [1.54, 1.807) is 11.8 Å². The molecule has 2 aliphatic rings. The first-order valence-corrected chi connectivity index (χ1v) is 17.4. The lowest BCUT2D eigenvalue weighted by atomic mass is 10.0. The van der Waals surface area contributed by atoms with Crippen LogP contribution in [-0.4, -0.2) is 58.4 Å². The molecule has 2 amide bonds. The third kappa shape index (κ3) is 8.90. The van der Waals surface area contributed by atoms with Gasteiger partial charge in [-0.15, -0.1) is 0 Å². The first kappa shape index (κ1) is 32.7. The Labute approximate surface area is 276 Å². The number of likely N-dealkylation sites (tertiary alicyclic amines) is 2. The van der Waals surface area contributed by atoms with E-state index in [-0.39, 0.29) is 24.3 Å². The molecule has 2 aliphatic heterocycles. The molecule has 9 heteroatoms. The van der Waals surface area contributed by atoms with Crippen LogP contribution in [0, 0.1) is 7.14 Å². The Kier molecular flexibility index (Phi) is 10.9. The molecule has 41 heavy (non-hydrogen) atoms. The maximum absolute atomic E-state index is 13.0. The largest absolute Gasteiger partial charge is 0.444 e. The molecule has 0 radical (unpaired) electrons. The van der Waals surface area contributed by atoms with E-state index in [1.165, 1.54) is 28.1 Å². The van der Waals surface area contributed by atoms with E-state index >= 15 is 0 Å². The number of carbonyl (C=O) groups is 2. The van der Waals surface area contributed by atoms with Crippen LogP contribution in [0.5, 0.6) is 0 Å². The molecule has 0 saturated carbocycles. The molecule has 0 bridgehead atoms. The van der Waals surface area contributed by atoms with Gasteiger partial charge in [-0.25, -0.2) is 9.59 Å². The number of carbonyl (C=O) groups excluding carboxylic acids is 2. The van der Waals surface area contributed by atoms with Gasteiger partial charge in [-0.2, -0.15) is 0 Å². The molecule has 0 spiro atoms. The summed E-state index contributed by atoms with van der Waals surface area (Å²) in [7, 11) is 0. The lowest BCUT2D eigenvalue weighted by Crippen LogP contribution is -2.40. The molecule has 224 valence electrons. The van der Waals surface area contributed by atoms with E-state index < -0.39 is 11.2 Å².